The third kappa shape index (κ3) is 2.96. The van der Waals surface area contributed by atoms with E-state index in [2.05, 4.69) is 19.2 Å². The number of halogens is 2. The molecule has 17 heavy (non-hydrogen) atoms. The van der Waals surface area contributed by atoms with Crippen LogP contribution in [0.3, 0.4) is 0 Å². The highest BCUT2D eigenvalue weighted by atomic mass is 19.1. The second kappa shape index (κ2) is 5.03. The van der Waals surface area contributed by atoms with E-state index in [0.717, 1.165) is 12.5 Å². The number of rotatable bonds is 2. The molecule has 1 aromatic rings. The molecule has 1 fully saturated rings. The lowest BCUT2D eigenvalue weighted by Gasteiger charge is -2.35. The van der Waals surface area contributed by atoms with Crippen molar-refractivity contribution in [1.82, 2.24) is 0 Å². The molecule has 2 rings (SSSR count). The van der Waals surface area contributed by atoms with Gasteiger partial charge in [-0.25, -0.2) is 8.78 Å². The molecule has 1 nitrogen and oxygen atoms in total. The number of hydrogen-bond donors (Lipinski definition) is 1. The van der Waals surface area contributed by atoms with Crippen LogP contribution >= 0.6 is 0 Å². The molecule has 1 saturated carbocycles. The highest BCUT2D eigenvalue weighted by molar-refractivity contribution is 5.44. The molecule has 0 saturated heterocycles. The van der Waals surface area contributed by atoms with Crippen LogP contribution in [0, 0.1) is 23.5 Å². The summed E-state index contributed by atoms with van der Waals surface area (Å²) in [5.74, 6) is 0.155. The molecule has 1 N–H and O–H groups in total. The largest absolute Gasteiger partial charge is 0.382 e. The van der Waals surface area contributed by atoms with Gasteiger partial charge in [0.05, 0.1) is 0 Å². The van der Waals surface area contributed by atoms with Crippen LogP contribution in [0.1, 0.15) is 33.1 Å². The van der Waals surface area contributed by atoms with Gasteiger partial charge in [-0.3, -0.25) is 0 Å². The minimum absolute atomic E-state index is 0.319. The maximum Gasteiger partial charge on any atom is 0.128 e. The minimum atomic E-state index is -0.524. The van der Waals surface area contributed by atoms with Gasteiger partial charge in [0.1, 0.15) is 11.6 Å². The summed E-state index contributed by atoms with van der Waals surface area (Å²) in [4.78, 5) is 0. The second-order valence-corrected chi connectivity index (χ2v) is 5.18. The highest BCUT2D eigenvalue weighted by Crippen LogP contribution is 2.31. The summed E-state index contributed by atoms with van der Waals surface area (Å²) in [6.07, 6.45) is 3.50. The Labute approximate surface area is 101 Å². The van der Waals surface area contributed by atoms with Crippen molar-refractivity contribution in [2.75, 3.05) is 5.32 Å². The molecule has 1 aromatic carbocycles. The lowest BCUT2D eigenvalue weighted by Crippen LogP contribution is -2.35. The Kier molecular flexibility index (Phi) is 3.65. The average Bonchev–Trinajstić information content (AvgIpc) is 2.23. The van der Waals surface area contributed by atoms with Crippen LogP contribution in [-0.4, -0.2) is 6.04 Å². The predicted molar refractivity (Wildman–Crippen MR) is 65.9 cm³/mol. The number of hydrogen-bond acceptors (Lipinski definition) is 1. The van der Waals surface area contributed by atoms with E-state index in [9.17, 15) is 8.78 Å². The summed E-state index contributed by atoms with van der Waals surface area (Å²) < 4.78 is 26.2. The van der Waals surface area contributed by atoms with Crippen molar-refractivity contribution < 1.29 is 8.78 Å². The standard InChI is InChI=1S/C14H19F2N/c1-9-4-3-5-14(10(9)2)17-13-7-11(15)6-12(16)8-13/h6-10,14,17H,3-5H2,1-2H3. The lowest BCUT2D eigenvalue weighted by atomic mass is 9.78. The molecule has 94 valence electrons. The van der Waals surface area contributed by atoms with Gasteiger partial charge in [0, 0.05) is 17.8 Å². The number of nitrogens with one attached hydrogen (secondary N) is 1. The SMILES string of the molecule is CC1CCCC(Nc2cc(F)cc(F)c2)C1C. The monoisotopic (exact) mass is 239 g/mol. The van der Waals surface area contributed by atoms with E-state index in [1.165, 1.54) is 25.0 Å². The van der Waals surface area contributed by atoms with E-state index in [4.69, 9.17) is 0 Å². The summed E-state index contributed by atoms with van der Waals surface area (Å²) in [7, 11) is 0. The van der Waals surface area contributed by atoms with Crippen LogP contribution in [0.15, 0.2) is 18.2 Å². The van der Waals surface area contributed by atoms with Gasteiger partial charge in [-0.15, -0.1) is 0 Å². The van der Waals surface area contributed by atoms with Gasteiger partial charge in [-0.05, 0) is 30.4 Å². The maximum atomic E-state index is 13.1. The first-order chi connectivity index (χ1) is 8.06. The van der Waals surface area contributed by atoms with Gasteiger partial charge in [0.25, 0.3) is 0 Å². The van der Waals surface area contributed by atoms with E-state index < -0.39 is 11.6 Å². The van der Waals surface area contributed by atoms with Crippen molar-refractivity contribution in [2.45, 2.75) is 39.2 Å². The zero-order chi connectivity index (χ0) is 12.4. The molecule has 3 atom stereocenters. The van der Waals surface area contributed by atoms with E-state index >= 15 is 0 Å². The molecule has 0 bridgehead atoms. The van der Waals surface area contributed by atoms with Gasteiger partial charge in [0.2, 0.25) is 0 Å². The van der Waals surface area contributed by atoms with Crippen LogP contribution in [0.2, 0.25) is 0 Å². The molecule has 1 aliphatic rings. The number of benzene rings is 1. The van der Waals surface area contributed by atoms with Crippen molar-refractivity contribution in [3.63, 3.8) is 0 Å². The van der Waals surface area contributed by atoms with Gasteiger partial charge < -0.3 is 5.32 Å². The molecule has 0 aromatic heterocycles. The van der Waals surface area contributed by atoms with Crippen molar-refractivity contribution in [2.24, 2.45) is 11.8 Å². The molecule has 1 aliphatic carbocycles. The zero-order valence-electron chi connectivity index (χ0n) is 10.3. The Morgan fingerprint density at radius 2 is 1.71 bits per heavy atom. The predicted octanol–water partition coefficient (Wildman–Crippen LogP) is 4.20. The summed E-state index contributed by atoms with van der Waals surface area (Å²) in [6.45, 7) is 4.45. The third-order valence-electron chi connectivity index (χ3n) is 3.92. The first-order valence-corrected chi connectivity index (χ1v) is 6.29. The van der Waals surface area contributed by atoms with E-state index in [1.54, 1.807) is 0 Å². The second-order valence-electron chi connectivity index (χ2n) is 5.18. The summed E-state index contributed by atoms with van der Waals surface area (Å²) in [6, 6.07) is 3.93. The van der Waals surface area contributed by atoms with E-state index in [-0.39, 0.29) is 0 Å². The van der Waals surface area contributed by atoms with Crippen LogP contribution in [0.4, 0.5) is 14.5 Å². The Balaban J connectivity index is 2.09. The third-order valence-corrected chi connectivity index (χ3v) is 3.92. The molecule has 0 heterocycles. The fraction of sp³-hybridized carbons (Fsp3) is 0.571. The molecule has 0 aliphatic heterocycles. The number of anilines is 1. The van der Waals surface area contributed by atoms with Crippen molar-refractivity contribution >= 4 is 5.69 Å². The fourth-order valence-corrected chi connectivity index (χ4v) is 2.64. The topological polar surface area (TPSA) is 12.0 Å². The summed E-state index contributed by atoms with van der Waals surface area (Å²) in [5, 5.41) is 3.26. The van der Waals surface area contributed by atoms with Gasteiger partial charge in [-0.2, -0.15) is 0 Å². The van der Waals surface area contributed by atoms with Crippen LogP contribution in [0.5, 0.6) is 0 Å². The Bertz CT molecular complexity index is 372. The molecule has 0 radical (unpaired) electrons. The minimum Gasteiger partial charge on any atom is -0.382 e. The molecule has 0 spiro atoms. The van der Waals surface area contributed by atoms with E-state index in [0.29, 0.717) is 23.6 Å². The fourth-order valence-electron chi connectivity index (χ4n) is 2.64. The molecule has 0 amide bonds. The average molecular weight is 239 g/mol. The quantitative estimate of drug-likeness (QED) is 0.815. The van der Waals surface area contributed by atoms with Gasteiger partial charge >= 0.3 is 0 Å². The van der Waals surface area contributed by atoms with Crippen LogP contribution < -0.4 is 5.32 Å². The van der Waals surface area contributed by atoms with Crippen molar-refractivity contribution in [3.05, 3.63) is 29.8 Å². The Morgan fingerprint density at radius 3 is 2.35 bits per heavy atom. The molecular formula is C14H19F2N. The maximum absolute atomic E-state index is 13.1. The van der Waals surface area contributed by atoms with Crippen LogP contribution in [0.25, 0.3) is 0 Å². The summed E-state index contributed by atoms with van der Waals surface area (Å²) >= 11 is 0. The lowest BCUT2D eigenvalue weighted by molar-refractivity contribution is 0.253. The molecular weight excluding hydrogens is 220 g/mol. The van der Waals surface area contributed by atoms with E-state index in [1.807, 2.05) is 0 Å². The first-order valence-electron chi connectivity index (χ1n) is 6.29. The van der Waals surface area contributed by atoms with Gasteiger partial charge in [-0.1, -0.05) is 26.7 Å². The van der Waals surface area contributed by atoms with Crippen LogP contribution in [-0.2, 0) is 0 Å². The smallest absolute Gasteiger partial charge is 0.128 e. The van der Waals surface area contributed by atoms with Gasteiger partial charge in [0.15, 0.2) is 0 Å². The zero-order valence-corrected chi connectivity index (χ0v) is 10.3. The molecule has 3 unspecified atom stereocenters. The Morgan fingerprint density at radius 1 is 1.06 bits per heavy atom. The van der Waals surface area contributed by atoms with Crippen molar-refractivity contribution in [1.29, 1.82) is 0 Å². The van der Waals surface area contributed by atoms with Crippen molar-refractivity contribution in [3.8, 4) is 0 Å². The Hall–Kier alpha value is -1.12. The normalized spacial score (nSPS) is 29.1. The first kappa shape index (κ1) is 12.3. The molecule has 3 heteroatoms. The highest BCUT2D eigenvalue weighted by Gasteiger charge is 2.26. The summed E-state index contributed by atoms with van der Waals surface area (Å²) in [5.41, 5.74) is 0.549.